The van der Waals surface area contributed by atoms with E-state index in [9.17, 15) is 9.90 Å². The van der Waals surface area contributed by atoms with Gasteiger partial charge in [0.15, 0.2) is 0 Å². The van der Waals surface area contributed by atoms with Crippen molar-refractivity contribution in [2.45, 2.75) is 20.4 Å². The van der Waals surface area contributed by atoms with Gasteiger partial charge in [0, 0.05) is 30.8 Å². The number of carbonyl (C=O) groups is 1. The Morgan fingerprint density at radius 1 is 1.83 bits per heavy atom. The summed E-state index contributed by atoms with van der Waals surface area (Å²) < 4.78 is 1.79. The van der Waals surface area contributed by atoms with E-state index < -0.39 is 11.9 Å². The minimum atomic E-state index is -1.02. The normalized spacial score (nSPS) is 12.8. The first-order valence-electron chi connectivity index (χ1n) is 3.80. The molecule has 0 saturated heterocycles. The molecule has 1 heterocycles. The van der Waals surface area contributed by atoms with E-state index in [1.807, 2.05) is 6.92 Å². The lowest BCUT2D eigenvalue weighted by atomic mass is 10.2. The second-order valence-electron chi connectivity index (χ2n) is 2.85. The van der Waals surface area contributed by atoms with E-state index in [1.165, 1.54) is 0 Å². The molecule has 1 aromatic heterocycles. The quantitative estimate of drug-likeness (QED) is 0.614. The fraction of sp³-hybridized carbons (Fsp3) is 0.500. The molecule has 12 heavy (non-hydrogen) atoms. The number of hydrogen-bond acceptors (Lipinski definition) is 3. The Morgan fingerprint density at radius 3 is 2.92 bits per heavy atom. The fourth-order valence-electron chi connectivity index (χ4n) is 0.966. The van der Waals surface area contributed by atoms with Gasteiger partial charge >= 0.3 is 0 Å². The van der Waals surface area contributed by atoms with E-state index in [-0.39, 0.29) is 0 Å². The summed E-state index contributed by atoms with van der Waals surface area (Å²) >= 11 is 0. The number of rotatable bonds is 3. The molecule has 4 nitrogen and oxygen atoms in total. The maximum absolute atomic E-state index is 10.4. The highest BCUT2D eigenvalue weighted by molar-refractivity contribution is 5.66. The van der Waals surface area contributed by atoms with Gasteiger partial charge in [0.2, 0.25) is 0 Å². The third-order valence-corrected chi connectivity index (χ3v) is 1.80. The van der Waals surface area contributed by atoms with Gasteiger partial charge in [0.1, 0.15) is 5.82 Å². The van der Waals surface area contributed by atoms with Gasteiger partial charge in [-0.15, -0.1) is 0 Å². The molecule has 4 heteroatoms. The predicted octanol–water partition coefficient (Wildman–Crippen LogP) is -0.422. The number of aliphatic carboxylic acids is 1. The molecule has 0 aromatic carbocycles. The summed E-state index contributed by atoms with van der Waals surface area (Å²) in [6, 6.07) is 0. The molecule has 0 aliphatic rings. The Balaban J connectivity index is 2.64. The van der Waals surface area contributed by atoms with Crippen molar-refractivity contribution in [1.82, 2.24) is 9.55 Å². The fourth-order valence-corrected chi connectivity index (χ4v) is 0.966. The SMILES string of the molecule is Cc1nccn1C[C@@H](C)C(=O)[O-]. The number of carboxylic acids is 1. The number of hydrogen-bond donors (Lipinski definition) is 0. The summed E-state index contributed by atoms with van der Waals surface area (Å²) in [4.78, 5) is 14.4. The second kappa shape index (κ2) is 3.38. The average Bonchev–Trinajstić information content (AvgIpc) is 2.36. The molecule has 0 aliphatic carbocycles. The molecule has 0 radical (unpaired) electrons. The van der Waals surface area contributed by atoms with Gasteiger partial charge in [-0.05, 0) is 6.92 Å². The summed E-state index contributed by atoms with van der Waals surface area (Å²) in [6.45, 7) is 3.88. The maximum Gasteiger partial charge on any atom is 0.105 e. The van der Waals surface area contributed by atoms with Crippen LogP contribution in [0, 0.1) is 12.8 Å². The third-order valence-electron chi connectivity index (χ3n) is 1.80. The summed E-state index contributed by atoms with van der Waals surface area (Å²) in [5.41, 5.74) is 0. The van der Waals surface area contributed by atoms with E-state index in [0.717, 1.165) is 5.82 Å². The third kappa shape index (κ3) is 1.84. The van der Waals surface area contributed by atoms with Crippen LogP contribution in [0.15, 0.2) is 12.4 Å². The molecule has 0 N–H and O–H groups in total. The molecule has 1 rings (SSSR count). The van der Waals surface area contributed by atoms with Crippen molar-refractivity contribution in [2.75, 3.05) is 0 Å². The van der Waals surface area contributed by atoms with Crippen molar-refractivity contribution < 1.29 is 9.90 Å². The smallest absolute Gasteiger partial charge is 0.105 e. The lowest BCUT2D eigenvalue weighted by Gasteiger charge is -2.13. The van der Waals surface area contributed by atoms with Crippen LogP contribution in [0.25, 0.3) is 0 Å². The Kier molecular flexibility index (Phi) is 2.47. The Morgan fingerprint density at radius 2 is 2.50 bits per heavy atom. The van der Waals surface area contributed by atoms with Crippen LogP contribution < -0.4 is 5.11 Å². The van der Waals surface area contributed by atoms with Crippen LogP contribution in [-0.2, 0) is 11.3 Å². The number of imidazole rings is 1. The topological polar surface area (TPSA) is 58.0 Å². The minimum Gasteiger partial charge on any atom is -0.550 e. The summed E-state index contributed by atoms with van der Waals surface area (Å²) in [5, 5.41) is 10.4. The summed E-state index contributed by atoms with van der Waals surface area (Å²) in [5.74, 6) is -0.677. The van der Waals surface area contributed by atoms with E-state index in [4.69, 9.17) is 0 Å². The van der Waals surface area contributed by atoms with Crippen LogP contribution in [0.5, 0.6) is 0 Å². The van der Waals surface area contributed by atoms with Gasteiger partial charge in [-0.25, -0.2) is 4.98 Å². The first kappa shape index (κ1) is 8.77. The van der Waals surface area contributed by atoms with Crippen molar-refractivity contribution >= 4 is 5.97 Å². The van der Waals surface area contributed by atoms with Crippen molar-refractivity contribution in [3.05, 3.63) is 18.2 Å². The number of carboxylic acid groups (broad SMARTS) is 1. The molecule has 0 aliphatic heterocycles. The number of aromatic nitrogens is 2. The van der Waals surface area contributed by atoms with E-state index in [1.54, 1.807) is 23.9 Å². The predicted molar refractivity (Wildman–Crippen MR) is 41.1 cm³/mol. The molecule has 1 aromatic rings. The van der Waals surface area contributed by atoms with E-state index >= 15 is 0 Å². The monoisotopic (exact) mass is 167 g/mol. The first-order chi connectivity index (χ1) is 5.61. The van der Waals surface area contributed by atoms with E-state index in [0.29, 0.717) is 6.54 Å². The zero-order valence-corrected chi connectivity index (χ0v) is 7.15. The number of aryl methyl sites for hydroxylation is 1. The van der Waals surface area contributed by atoms with Crippen LogP contribution in [0.2, 0.25) is 0 Å². The Labute approximate surface area is 70.9 Å². The van der Waals surface area contributed by atoms with Crippen LogP contribution in [0.1, 0.15) is 12.7 Å². The maximum atomic E-state index is 10.4. The molecule has 0 fully saturated rings. The molecule has 66 valence electrons. The van der Waals surface area contributed by atoms with Crippen molar-refractivity contribution in [1.29, 1.82) is 0 Å². The second-order valence-corrected chi connectivity index (χ2v) is 2.85. The zero-order valence-electron chi connectivity index (χ0n) is 7.15. The lowest BCUT2D eigenvalue weighted by molar-refractivity contribution is -0.311. The van der Waals surface area contributed by atoms with Gasteiger partial charge in [-0.1, -0.05) is 6.92 Å². The summed E-state index contributed by atoms with van der Waals surface area (Å²) in [7, 11) is 0. The average molecular weight is 167 g/mol. The number of nitrogens with zero attached hydrogens (tertiary/aromatic N) is 2. The molecule has 0 amide bonds. The minimum absolute atomic E-state index is 0.425. The van der Waals surface area contributed by atoms with Crippen LogP contribution in [0.3, 0.4) is 0 Å². The van der Waals surface area contributed by atoms with Gasteiger partial charge in [0.25, 0.3) is 0 Å². The molecule has 0 saturated carbocycles. The highest BCUT2D eigenvalue weighted by Crippen LogP contribution is 2.02. The molecular weight excluding hydrogens is 156 g/mol. The Bertz CT molecular complexity index is 280. The summed E-state index contributed by atoms with van der Waals surface area (Å²) in [6.07, 6.45) is 3.41. The van der Waals surface area contributed by atoms with Crippen molar-refractivity contribution in [3.8, 4) is 0 Å². The van der Waals surface area contributed by atoms with Gasteiger partial charge in [-0.3, -0.25) is 0 Å². The molecule has 0 bridgehead atoms. The van der Waals surface area contributed by atoms with Crippen LogP contribution >= 0.6 is 0 Å². The molecular formula is C8H11N2O2-. The van der Waals surface area contributed by atoms with Gasteiger partial charge < -0.3 is 14.5 Å². The lowest BCUT2D eigenvalue weighted by Crippen LogP contribution is -2.32. The van der Waals surface area contributed by atoms with Crippen molar-refractivity contribution in [2.24, 2.45) is 5.92 Å². The largest absolute Gasteiger partial charge is 0.550 e. The van der Waals surface area contributed by atoms with Gasteiger partial charge in [-0.2, -0.15) is 0 Å². The van der Waals surface area contributed by atoms with Crippen molar-refractivity contribution in [3.63, 3.8) is 0 Å². The highest BCUT2D eigenvalue weighted by atomic mass is 16.4. The molecule has 1 atom stereocenters. The van der Waals surface area contributed by atoms with E-state index in [2.05, 4.69) is 4.98 Å². The van der Waals surface area contributed by atoms with Gasteiger partial charge in [0.05, 0.1) is 0 Å². The standard InChI is InChI=1S/C8H12N2O2/c1-6(8(11)12)5-10-4-3-9-7(10)2/h3-4,6H,5H2,1-2H3,(H,11,12)/p-1/t6-/m1/s1. The van der Waals surface area contributed by atoms with Crippen LogP contribution in [0.4, 0.5) is 0 Å². The molecule has 0 unspecified atom stereocenters. The number of carbonyl (C=O) groups excluding carboxylic acids is 1. The van der Waals surface area contributed by atoms with Crippen LogP contribution in [-0.4, -0.2) is 15.5 Å². The zero-order chi connectivity index (χ0) is 9.14. The first-order valence-corrected chi connectivity index (χ1v) is 3.80. The Hall–Kier alpha value is -1.32. The molecule has 0 spiro atoms. The highest BCUT2D eigenvalue weighted by Gasteiger charge is 2.04.